The predicted molar refractivity (Wildman–Crippen MR) is 57.1 cm³/mol. The average Bonchev–Trinajstić information content (AvgIpc) is 2.21. The van der Waals surface area contributed by atoms with Crippen molar-refractivity contribution < 1.29 is 9.90 Å². The van der Waals surface area contributed by atoms with E-state index in [1.54, 1.807) is 4.90 Å². The van der Waals surface area contributed by atoms with Crippen molar-refractivity contribution in [2.24, 2.45) is 0 Å². The minimum Gasteiger partial charge on any atom is -0.395 e. The second kappa shape index (κ2) is 7.76. The summed E-state index contributed by atoms with van der Waals surface area (Å²) >= 11 is 0. The lowest BCUT2D eigenvalue weighted by Crippen LogP contribution is -2.41. The lowest BCUT2D eigenvalue weighted by Gasteiger charge is -2.21. The highest BCUT2D eigenvalue weighted by Crippen LogP contribution is 1.91. The molecule has 14 heavy (non-hydrogen) atoms. The molecule has 1 unspecified atom stereocenters. The third-order valence-corrected chi connectivity index (χ3v) is 2.32. The highest BCUT2D eigenvalue weighted by Gasteiger charge is 2.10. The van der Waals surface area contributed by atoms with Gasteiger partial charge < -0.3 is 15.3 Å². The van der Waals surface area contributed by atoms with E-state index >= 15 is 0 Å². The molecule has 0 aliphatic carbocycles. The summed E-state index contributed by atoms with van der Waals surface area (Å²) in [4.78, 5) is 13.2. The number of likely N-dealkylation sites (N-methyl/N-ethyl adjacent to an activating group) is 1. The lowest BCUT2D eigenvalue weighted by atomic mass is 10.2. The summed E-state index contributed by atoms with van der Waals surface area (Å²) in [6.45, 7) is 7.52. The number of hydrogen-bond acceptors (Lipinski definition) is 3. The van der Waals surface area contributed by atoms with Gasteiger partial charge in [0.2, 0.25) is 5.91 Å². The molecule has 4 heteroatoms. The van der Waals surface area contributed by atoms with Gasteiger partial charge in [0.25, 0.3) is 0 Å². The maximum atomic E-state index is 11.5. The molecule has 0 aromatic carbocycles. The fourth-order valence-corrected chi connectivity index (χ4v) is 1.10. The van der Waals surface area contributed by atoms with Crippen LogP contribution in [0, 0.1) is 0 Å². The third-order valence-electron chi connectivity index (χ3n) is 2.32. The third kappa shape index (κ3) is 5.19. The Kier molecular flexibility index (Phi) is 7.42. The van der Waals surface area contributed by atoms with E-state index in [1.165, 1.54) is 0 Å². The minimum absolute atomic E-state index is 0.0307. The summed E-state index contributed by atoms with van der Waals surface area (Å²) in [5, 5.41) is 11.9. The highest BCUT2D eigenvalue weighted by molar-refractivity contribution is 5.78. The molecule has 0 heterocycles. The molecule has 1 atom stereocenters. The number of nitrogens with one attached hydrogen (secondary N) is 1. The van der Waals surface area contributed by atoms with Gasteiger partial charge in [0.15, 0.2) is 0 Å². The monoisotopic (exact) mass is 202 g/mol. The fraction of sp³-hybridized carbons (Fsp3) is 0.900. The van der Waals surface area contributed by atoms with Gasteiger partial charge in [0.1, 0.15) is 0 Å². The van der Waals surface area contributed by atoms with E-state index in [4.69, 9.17) is 5.11 Å². The quantitative estimate of drug-likeness (QED) is 0.621. The molecule has 0 aliphatic rings. The number of aliphatic hydroxyl groups excluding tert-OH is 1. The van der Waals surface area contributed by atoms with Crippen molar-refractivity contribution in [1.82, 2.24) is 10.2 Å². The summed E-state index contributed by atoms with van der Waals surface area (Å²) in [5.41, 5.74) is 0. The maximum Gasteiger partial charge on any atom is 0.236 e. The van der Waals surface area contributed by atoms with E-state index in [9.17, 15) is 4.79 Å². The first-order valence-electron chi connectivity index (χ1n) is 5.27. The summed E-state index contributed by atoms with van der Waals surface area (Å²) in [5.74, 6) is 0.0573. The van der Waals surface area contributed by atoms with Crippen molar-refractivity contribution in [2.45, 2.75) is 33.2 Å². The predicted octanol–water partition coefficient (Wildman–Crippen LogP) is 0.215. The van der Waals surface area contributed by atoms with Gasteiger partial charge in [-0.25, -0.2) is 0 Å². The van der Waals surface area contributed by atoms with Crippen LogP contribution < -0.4 is 5.32 Å². The van der Waals surface area contributed by atoms with Gasteiger partial charge in [0, 0.05) is 19.1 Å². The Morgan fingerprint density at radius 2 is 2.14 bits per heavy atom. The SMILES string of the molecule is CCC(C)NCC(=O)N(CC)CCO. The summed E-state index contributed by atoms with van der Waals surface area (Å²) in [6, 6.07) is 0.367. The summed E-state index contributed by atoms with van der Waals surface area (Å²) in [7, 11) is 0. The van der Waals surface area contributed by atoms with E-state index in [0.29, 0.717) is 25.7 Å². The molecule has 0 bridgehead atoms. The topological polar surface area (TPSA) is 52.6 Å². The Morgan fingerprint density at radius 1 is 1.50 bits per heavy atom. The number of amides is 1. The van der Waals surface area contributed by atoms with Crippen molar-refractivity contribution in [3.8, 4) is 0 Å². The second-order valence-corrected chi connectivity index (χ2v) is 3.39. The second-order valence-electron chi connectivity index (χ2n) is 3.39. The lowest BCUT2D eigenvalue weighted by molar-refractivity contribution is -0.130. The Balaban J connectivity index is 3.80. The highest BCUT2D eigenvalue weighted by atomic mass is 16.3. The number of rotatable bonds is 7. The van der Waals surface area contributed by atoms with Crippen LogP contribution >= 0.6 is 0 Å². The van der Waals surface area contributed by atoms with E-state index in [0.717, 1.165) is 6.42 Å². The van der Waals surface area contributed by atoms with Crippen LogP contribution in [0.2, 0.25) is 0 Å². The van der Waals surface area contributed by atoms with Crippen molar-refractivity contribution in [3.05, 3.63) is 0 Å². The van der Waals surface area contributed by atoms with E-state index in [2.05, 4.69) is 19.2 Å². The van der Waals surface area contributed by atoms with E-state index in [1.807, 2.05) is 6.92 Å². The number of carbonyl (C=O) groups is 1. The minimum atomic E-state index is 0.0307. The number of nitrogens with zero attached hydrogens (tertiary/aromatic N) is 1. The standard InChI is InChI=1S/C10H22N2O2/c1-4-9(3)11-8-10(14)12(5-2)6-7-13/h9,11,13H,4-8H2,1-3H3. The zero-order valence-corrected chi connectivity index (χ0v) is 9.42. The van der Waals surface area contributed by atoms with Crippen molar-refractivity contribution >= 4 is 5.91 Å². The van der Waals surface area contributed by atoms with Crippen LogP contribution in [-0.2, 0) is 4.79 Å². The Morgan fingerprint density at radius 3 is 2.57 bits per heavy atom. The number of hydrogen-bond donors (Lipinski definition) is 2. The first-order chi connectivity index (χ1) is 6.65. The van der Waals surface area contributed by atoms with Crippen LogP contribution in [0.4, 0.5) is 0 Å². The zero-order chi connectivity index (χ0) is 11.0. The average molecular weight is 202 g/mol. The van der Waals surface area contributed by atoms with Gasteiger partial charge in [-0.05, 0) is 20.3 Å². The number of aliphatic hydroxyl groups is 1. The van der Waals surface area contributed by atoms with Gasteiger partial charge in [-0.15, -0.1) is 0 Å². The van der Waals surface area contributed by atoms with Gasteiger partial charge in [-0.1, -0.05) is 6.92 Å². The summed E-state index contributed by atoms with van der Waals surface area (Å²) in [6.07, 6.45) is 1.01. The molecule has 0 saturated heterocycles. The molecule has 0 aromatic heterocycles. The van der Waals surface area contributed by atoms with Crippen LogP contribution in [-0.4, -0.2) is 48.2 Å². The van der Waals surface area contributed by atoms with Crippen molar-refractivity contribution in [2.75, 3.05) is 26.2 Å². The van der Waals surface area contributed by atoms with Crippen LogP contribution in [0.15, 0.2) is 0 Å². The van der Waals surface area contributed by atoms with Gasteiger partial charge >= 0.3 is 0 Å². The smallest absolute Gasteiger partial charge is 0.236 e. The van der Waals surface area contributed by atoms with Gasteiger partial charge in [-0.3, -0.25) is 4.79 Å². The van der Waals surface area contributed by atoms with E-state index < -0.39 is 0 Å². The molecule has 0 fully saturated rings. The number of carbonyl (C=O) groups excluding carboxylic acids is 1. The molecule has 0 aliphatic heterocycles. The Labute approximate surface area is 86.3 Å². The summed E-state index contributed by atoms with van der Waals surface area (Å²) < 4.78 is 0. The van der Waals surface area contributed by atoms with Gasteiger partial charge in [0.05, 0.1) is 13.2 Å². The molecular weight excluding hydrogens is 180 g/mol. The first kappa shape index (κ1) is 13.4. The molecule has 0 spiro atoms. The van der Waals surface area contributed by atoms with Crippen LogP contribution in [0.1, 0.15) is 27.2 Å². The molecular formula is C10H22N2O2. The molecule has 0 radical (unpaired) electrons. The Hall–Kier alpha value is -0.610. The zero-order valence-electron chi connectivity index (χ0n) is 9.42. The van der Waals surface area contributed by atoms with Crippen LogP contribution in [0.3, 0.4) is 0 Å². The van der Waals surface area contributed by atoms with Crippen LogP contribution in [0.25, 0.3) is 0 Å². The van der Waals surface area contributed by atoms with Gasteiger partial charge in [-0.2, -0.15) is 0 Å². The largest absolute Gasteiger partial charge is 0.395 e. The maximum absolute atomic E-state index is 11.5. The molecule has 0 saturated carbocycles. The molecule has 0 rings (SSSR count). The van der Waals surface area contributed by atoms with E-state index in [-0.39, 0.29) is 12.5 Å². The first-order valence-corrected chi connectivity index (χ1v) is 5.27. The molecule has 1 amide bonds. The molecule has 0 aromatic rings. The van der Waals surface area contributed by atoms with Crippen LogP contribution in [0.5, 0.6) is 0 Å². The normalized spacial score (nSPS) is 12.6. The molecule has 4 nitrogen and oxygen atoms in total. The molecule has 84 valence electrons. The van der Waals surface area contributed by atoms with Crippen molar-refractivity contribution in [3.63, 3.8) is 0 Å². The molecule has 2 N–H and O–H groups in total. The Bertz CT molecular complexity index is 162. The fourth-order valence-electron chi connectivity index (χ4n) is 1.10. The van der Waals surface area contributed by atoms with Crippen molar-refractivity contribution in [1.29, 1.82) is 0 Å².